The van der Waals surface area contributed by atoms with Gasteiger partial charge in [0.05, 0.1) is 31.0 Å². The van der Waals surface area contributed by atoms with Crippen molar-refractivity contribution >= 4 is 0 Å². The summed E-state index contributed by atoms with van der Waals surface area (Å²) in [7, 11) is 0. The molecule has 8 rings (SSSR count). The van der Waals surface area contributed by atoms with E-state index in [1.165, 1.54) is 83.1 Å². The molecule has 0 aromatic rings. The summed E-state index contributed by atoms with van der Waals surface area (Å²) >= 11 is 0. The maximum absolute atomic E-state index is 6.16. The molecule has 4 spiro atoms. The Morgan fingerprint density at radius 2 is 0.949 bits per heavy atom. The smallest absolute Gasteiger partial charge is 0.112 e. The van der Waals surface area contributed by atoms with E-state index in [0.717, 1.165) is 93.0 Å². The van der Waals surface area contributed by atoms with Crippen molar-refractivity contribution in [1.29, 1.82) is 0 Å². The van der Waals surface area contributed by atoms with Crippen LogP contribution in [0.4, 0.5) is 0 Å². The van der Waals surface area contributed by atoms with Gasteiger partial charge in [0.25, 0.3) is 0 Å². The molecule has 1 saturated carbocycles. The van der Waals surface area contributed by atoms with E-state index in [0.29, 0.717) is 24.0 Å². The van der Waals surface area contributed by atoms with Crippen molar-refractivity contribution in [3.63, 3.8) is 0 Å². The predicted molar refractivity (Wildman–Crippen MR) is 250 cm³/mol. The fourth-order valence-corrected chi connectivity index (χ4v) is 11.5. The van der Waals surface area contributed by atoms with Crippen LogP contribution in [0, 0.1) is 46.8 Å². The number of hydrogen-bond donors (Lipinski definition) is 0. The molecule has 1 aliphatic carbocycles. The van der Waals surface area contributed by atoms with Gasteiger partial charge in [-0.2, -0.15) is 0 Å². The van der Waals surface area contributed by atoms with E-state index < -0.39 is 0 Å². The van der Waals surface area contributed by atoms with Gasteiger partial charge in [-0.15, -0.1) is 0 Å². The SMILES string of the molecule is CC(C)C1=CC2(CN(C(C)C)C2)OC1.CC(C)C1CCC2(CCN(C(C)C)C2)C1.CC(C)C1COC2(C1)CN(C(C)C)C2.CC(C)C1COC2(CCN(C(C)C)CC2)C1. The number of hydrogen-bond acceptors (Lipinski definition) is 7. The first-order valence-corrected chi connectivity index (χ1v) is 25.2. The van der Waals surface area contributed by atoms with E-state index in [4.69, 9.17) is 14.2 Å². The molecule has 8 aliphatic rings. The number of likely N-dealkylation sites (tertiary alicyclic amines) is 4. The molecule has 6 saturated heterocycles. The molecule has 7 aliphatic heterocycles. The van der Waals surface area contributed by atoms with Gasteiger partial charge in [-0.1, -0.05) is 55.4 Å². The van der Waals surface area contributed by atoms with E-state index in [9.17, 15) is 0 Å². The van der Waals surface area contributed by atoms with E-state index >= 15 is 0 Å². The van der Waals surface area contributed by atoms with E-state index in [1.807, 2.05) is 0 Å². The highest BCUT2D eigenvalue weighted by Crippen LogP contribution is 2.50. The Balaban J connectivity index is 0.000000150. The van der Waals surface area contributed by atoms with Crippen LogP contribution in [-0.4, -0.2) is 133 Å². The summed E-state index contributed by atoms with van der Waals surface area (Å²) in [6, 6.07) is 2.78. The Kier molecular flexibility index (Phi) is 17.2. The minimum atomic E-state index is 0.0872. The molecule has 4 unspecified atom stereocenters. The lowest BCUT2D eigenvalue weighted by Crippen LogP contribution is -2.63. The molecule has 59 heavy (non-hydrogen) atoms. The topological polar surface area (TPSA) is 40.6 Å². The van der Waals surface area contributed by atoms with Crippen LogP contribution in [0.2, 0.25) is 0 Å². The molecule has 0 bridgehead atoms. The highest BCUT2D eigenvalue weighted by molar-refractivity contribution is 5.24. The first-order chi connectivity index (χ1) is 27.6. The Morgan fingerprint density at radius 3 is 1.37 bits per heavy atom. The highest BCUT2D eigenvalue weighted by atomic mass is 16.5. The summed E-state index contributed by atoms with van der Waals surface area (Å²) in [5.41, 5.74) is 2.79. The van der Waals surface area contributed by atoms with Gasteiger partial charge in [0.2, 0.25) is 0 Å². The lowest BCUT2D eigenvalue weighted by molar-refractivity contribution is -0.121. The molecule has 4 atom stereocenters. The van der Waals surface area contributed by atoms with Crippen molar-refractivity contribution in [1.82, 2.24) is 19.6 Å². The highest BCUT2D eigenvalue weighted by Gasteiger charge is 2.51. The molecule has 7 heterocycles. The molecule has 0 aromatic heterocycles. The van der Waals surface area contributed by atoms with Crippen LogP contribution in [0.5, 0.6) is 0 Å². The van der Waals surface area contributed by atoms with E-state index in [-0.39, 0.29) is 16.8 Å². The Hall–Kier alpha value is -0.540. The van der Waals surface area contributed by atoms with Gasteiger partial charge in [0.15, 0.2) is 0 Å². The van der Waals surface area contributed by atoms with Gasteiger partial charge in [0, 0.05) is 70.0 Å². The van der Waals surface area contributed by atoms with Gasteiger partial charge in [-0.3, -0.25) is 9.80 Å². The molecule has 344 valence electrons. The van der Waals surface area contributed by atoms with E-state index in [2.05, 4.69) is 136 Å². The first-order valence-electron chi connectivity index (χ1n) is 25.2. The van der Waals surface area contributed by atoms with Crippen molar-refractivity contribution in [2.24, 2.45) is 46.8 Å². The second-order valence-electron chi connectivity index (χ2n) is 23.8. The first kappa shape index (κ1) is 49.5. The molecule has 7 fully saturated rings. The molecule has 0 amide bonds. The standard InChI is InChI=1S/C14H27NO.C14H27N.C12H23NO.C12H21NO/c1-11(2)13-9-14(16-10-13)5-7-15(8-6-14)12(3)4;1-11(2)13-5-6-14(9-13)7-8-15(10-14)12(3)4;2*1-9(2)11-5-12(14-6-11)7-13(8-12)10(3)4/h11-13H,5-10H2,1-4H3;11-13H,5-10H2,1-4H3;9-11H,5-8H2,1-4H3;5,9-10H,6-8H2,1-4H3. The molecule has 0 radical (unpaired) electrons. The van der Waals surface area contributed by atoms with Gasteiger partial charge >= 0.3 is 0 Å². The fraction of sp³-hybridized carbons (Fsp3) is 0.962. The molecule has 0 N–H and O–H groups in total. The predicted octanol–water partition coefficient (Wildman–Crippen LogP) is 10.7. The number of nitrogens with zero attached hydrogens (tertiary/aromatic N) is 4. The monoisotopic (exact) mass is 827 g/mol. The maximum Gasteiger partial charge on any atom is 0.112 e. The summed E-state index contributed by atoms with van der Waals surface area (Å²) in [4.78, 5) is 10.2. The van der Waals surface area contributed by atoms with Crippen LogP contribution >= 0.6 is 0 Å². The molecular formula is C52H98N4O3. The zero-order valence-corrected chi connectivity index (χ0v) is 41.9. The van der Waals surface area contributed by atoms with Crippen LogP contribution in [-0.2, 0) is 14.2 Å². The van der Waals surface area contributed by atoms with Crippen molar-refractivity contribution in [3.8, 4) is 0 Å². The largest absolute Gasteiger partial charge is 0.375 e. The van der Waals surface area contributed by atoms with Crippen molar-refractivity contribution in [3.05, 3.63) is 11.6 Å². The average molecular weight is 827 g/mol. The summed E-state index contributed by atoms with van der Waals surface area (Å²) in [6.45, 7) is 49.4. The van der Waals surface area contributed by atoms with Crippen molar-refractivity contribution < 1.29 is 14.2 Å². The van der Waals surface area contributed by atoms with Crippen LogP contribution in [0.15, 0.2) is 11.6 Å². The summed E-state index contributed by atoms with van der Waals surface area (Å²) < 4.78 is 18.0. The van der Waals surface area contributed by atoms with Gasteiger partial charge in [-0.05, 0) is 172 Å². The van der Waals surface area contributed by atoms with Crippen LogP contribution < -0.4 is 0 Å². The summed E-state index contributed by atoms with van der Waals surface area (Å²) in [6.07, 6.45) is 13.4. The van der Waals surface area contributed by atoms with Gasteiger partial charge in [-0.25, -0.2) is 0 Å². The Bertz CT molecular complexity index is 1280. The number of ether oxygens (including phenoxy) is 3. The minimum absolute atomic E-state index is 0.0872. The maximum atomic E-state index is 6.16. The normalized spacial score (nSPS) is 31.6. The molecule has 7 nitrogen and oxygen atoms in total. The Morgan fingerprint density at radius 1 is 0.475 bits per heavy atom. The molecule has 7 heteroatoms. The lowest BCUT2D eigenvalue weighted by Gasteiger charge is -2.49. The van der Waals surface area contributed by atoms with Crippen LogP contribution in [0.1, 0.15) is 162 Å². The lowest BCUT2D eigenvalue weighted by atomic mass is 9.82. The van der Waals surface area contributed by atoms with Crippen molar-refractivity contribution in [2.45, 2.75) is 203 Å². The third kappa shape index (κ3) is 12.6. The zero-order chi connectivity index (χ0) is 43.5. The van der Waals surface area contributed by atoms with Gasteiger partial charge in [0.1, 0.15) is 5.60 Å². The zero-order valence-electron chi connectivity index (χ0n) is 41.9. The summed E-state index contributed by atoms with van der Waals surface area (Å²) in [5.74, 6) is 5.71. The van der Waals surface area contributed by atoms with E-state index in [1.54, 1.807) is 0 Å². The van der Waals surface area contributed by atoms with Gasteiger partial charge < -0.3 is 24.0 Å². The second-order valence-corrected chi connectivity index (χ2v) is 23.8. The molecule has 0 aromatic carbocycles. The molecular weight excluding hydrogens is 729 g/mol. The average Bonchev–Trinajstić information content (AvgIpc) is 3.98. The fourth-order valence-electron chi connectivity index (χ4n) is 11.5. The third-order valence-corrected chi connectivity index (χ3v) is 16.8. The summed E-state index contributed by atoms with van der Waals surface area (Å²) in [5, 5.41) is 0. The second kappa shape index (κ2) is 20.5. The van der Waals surface area contributed by atoms with Crippen molar-refractivity contribution in [2.75, 3.05) is 72.2 Å². The Labute approximate surface area is 366 Å². The number of piperidine rings is 1. The van der Waals surface area contributed by atoms with Crippen LogP contribution in [0.3, 0.4) is 0 Å². The number of rotatable bonds is 8. The quantitative estimate of drug-likeness (QED) is 0.226. The van der Waals surface area contributed by atoms with Crippen LogP contribution in [0.25, 0.3) is 0 Å². The minimum Gasteiger partial charge on any atom is -0.375 e. The third-order valence-electron chi connectivity index (χ3n) is 16.8.